The first-order valence-corrected chi connectivity index (χ1v) is 8.08. The molecule has 0 saturated heterocycles. The Labute approximate surface area is 128 Å². The molecule has 0 aromatic heterocycles. The Bertz CT molecular complexity index is 540. The zero-order valence-electron chi connectivity index (χ0n) is 11.2. The van der Waals surface area contributed by atoms with E-state index in [4.69, 9.17) is 27.9 Å². The molecule has 1 unspecified atom stereocenters. The highest BCUT2D eigenvalue weighted by molar-refractivity contribution is 7.89. The number of ether oxygens (including phenoxy) is 1. The third-order valence-corrected chi connectivity index (χ3v) is 5.03. The lowest BCUT2D eigenvalue weighted by atomic mass is 10.0. The van der Waals surface area contributed by atoms with E-state index in [9.17, 15) is 13.5 Å². The van der Waals surface area contributed by atoms with Gasteiger partial charge in [-0.15, -0.1) is 0 Å². The van der Waals surface area contributed by atoms with Crippen LogP contribution in [0.5, 0.6) is 0 Å². The minimum Gasteiger partial charge on any atom is -0.389 e. The van der Waals surface area contributed by atoms with Gasteiger partial charge in [-0.3, -0.25) is 0 Å². The molecule has 5 nitrogen and oxygen atoms in total. The second-order valence-corrected chi connectivity index (χ2v) is 7.13. The van der Waals surface area contributed by atoms with Gasteiger partial charge in [0.15, 0.2) is 0 Å². The van der Waals surface area contributed by atoms with E-state index < -0.39 is 15.6 Å². The molecule has 0 heterocycles. The van der Waals surface area contributed by atoms with Crippen LogP contribution in [0.4, 0.5) is 0 Å². The molecule has 8 heteroatoms. The van der Waals surface area contributed by atoms with Gasteiger partial charge >= 0.3 is 0 Å². The molecule has 0 amide bonds. The summed E-state index contributed by atoms with van der Waals surface area (Å²) in [7, 11) is -2.39. The van der Waals surface area contributed by atoms with Crippen LogP contribution in [0.2, 0.25) is 10.0 Å². The number of halogens is 2. The smallest absolute Gasteiger partial charge is 0.243 e. The second-order valence-electron chi connectivity index (χ2n) is 4.62. The van der Waals surface area contributed by atoms with Crippen molar-refractivity contribution in [3.8, 4) is 0 Å². The molecule has 0 bridgehead atoms. The van der Waals surface area contributed by atoms with Gasteiger partial charge < -0.3 is 9.84 Å². The van der Waals surface area contributed by atoms with E-state index in [2.05, 4.69) is 4.72 Å². The maximum Gasteiger partial charge on any atom is 0.243 e. The van der Waals surface area contributed by atoms with Crippen LogP contribution in [0.3, 0.4) is 0 Å². The number of rotatable bonds is 7. The summed E-state index contributed by atoms with van der Waals surface area (Å²) in [5.41, 5.74) is -1.23. The number of aliphatic hydroxyl groups is 1. The van der Waals surface area contributed by atoms with Gasteiger partial charge in [0, 0.05) is 26.7 Å². The molecule has 1 atom stereocenters. The maximum absolute atomic E-state index is 12.2. The highest BCUT2D eigenvalue weighted by Crippen LogP contribution is 2.28. The maximum atomic E-state index is 12.2. The van der Waals surface area contributed by atoms with Gasteiger partial charge in [0.1, 0.15) is 4.90 Å². The number of methoxy groups -OCH3 is 1. The summed E-state index contributed by atoms with van der Waals surface area (Å²) < 4.78 is 31.5. The van der Waals surface area contributed by atoms with Crippen molar-refractivity contribution in [2.24, 2.45) is 0 Å². The minimum atomic E-state index is -3.89. The lowest BCUT2D eigenvalue weighted by molar-refractivity contribution is 0.0292. The lowest BCUT2D eigenvalue weighted by Crippen LogP contribution is -2.41. The SMILES string of the molecule is COCCC(C)(O)CNS(=O)(=O)c1c(Cl)cccc1Cl. The Balaban J connectivity index is 2.86. The lowest BCUT2D eigenvalue weighted by Gasteiger charge is -2.23. The van der Waals surface area contributed by atoms with Gasteiger partial charge in [-0.2, -0.15) is 0 Å². The average molecular weight is 342 g/mol. The van der Waals surface area contributed by atoms with E-state index in [1.54, 1.807) is 6.07 Å². The first-order valence-electron chi connectivity index (χ1n) is 5.84. The standard InChI is InChI=1S/C12H17Cl2NO4S/c1-12(16,6-7-19-2)8-15-20(17,18)11-9(13)4-3-5-10(11)14/h3-5,15-16H,6-8H2,1-2H3. The van der Waals surface area contributed by atoms with Gasteiger partial charge in [-0.1, -0.05) is 29.3 Å². The van der Waals surface area contributed by atoms with Crippen LogP contribution in [0, 0.1) is 0 Å². The Morgan fingerprint density at radius 1 is 1.35 bits per heavy atom. The fraction of sp³-hybridized carbons (Fsp3) is 0.500. The summed E-state index contributed by atoms with van der Waals surface area (Å²) in [4.78, 5) is -0.189. The van der Waals surface area contributed by atoms with Crippen molar-refractivity contribution in [3.05, 3.63) is 28.2 Å². The summed E-state index contributed by atoms with van der Waals surface area (Å²) in [6.07, 6.45) is 0.294. The highest BCUT2D eigenvalue weighted by Gasteiger charge is 2.26. The first-order chi connectivity index (χ1) is 9.19. The summed E-state index contributed by atoms with van der Waals surface area (Å²) in [5, 5.41) is 10.1. The molecule has 1 aromatic carbocycles. The zero-order valence-corrected chi connectivity index (χ0v) is 13.5. The molecule has 0 aliphatic rings. The summed E-state index contributed by atoms with van der Waals surface area (Å²) >= 11 is 11.7. The van der Waals surface area contributed by atoms with Gasteiger partial charge in [0.05, 0.1) is 15.6 Å². The first kappa shape index (κ1) is 17.7. The quantitative estimate of drug-likeness (QED) is 0.795. The second kappa shape index (κ2) is 7.06. The molecule has 0 aliphatic heterocycles. The third-order valence-electron chi connectivity index (χ3n) is 2.68. The van der Waals surface area contributed by atoms with E-state index >= 15 is 0 Å². The van der Waals surface area contributed by atoms with Crippen LogP contribution in [0.1, 0.15) is 13.3 Å². The molecular formula is C12H17Cl2NO4S. The molecule has 0 saturated carbocycles. The van der Waals surface area contributed by atoms with Crippen molar-refractivity contribution >= 4 is 33.2 Å². The third kappa shape index (κ3) is 4.87. The predicted molar refractivity (Wildman–Crippen MR) is 78.8 cm³/mol. The molecule has 2 N–H and O–H groups in total. The number of hydrogen-bond donors (Lipinski definition) is 2. The van der Waals surface area contributed by atoms with Crippen LogP contribution in [-0.4, -0.2) is 39.4 Å². The molecule has 1 rings (SSSR count). The number of hydrogen-bond acceptors (Lipinski definition) is 4. The van der Waals surface area contributed by atoms with E-state index in [1.807, 2.05) is 0 Å². The molecule has 0 aliphatic carbocycles. The van der Waals surface area contributed by atoms with Crippen molar-refractivity contribution in [2.45, 2.75) is 23.8 Å². The largest absolute Gasteiger partial charge is 0.389 e. The van der Waals surface area contributed by atoms with E-state index in [1.165, 1.54) is 26.2 Å². The minimum absolute atomic E-state index is 0.0292. The Morgan fingerprint density at radius 2 is 1.90 bits per heavy atom. The van der Waals surface area contributed by atoms with Gasteiger partial charge in [-0.05, 0) is 19.1 Å². The average Bonchev–Trinajstić information content (AvgIpc) is 2.34. The van der Waals surface area contributed by atoms with Crippen LogP contribution < -0.4 is 4.72 Å². The van der Waals surface area contributed by atoms with E-state index in [-0.39, 0.29) is 21.5 Å². The van der Waals surface area contributed by atoms with Crippen molar-refractivity contribution in [1.82, 2.24) is 4.72 Å². The zero-order chi connectivity index (χ0) is 15.4. The van der Waals surface area contributed by atoms with Crippen LogP contribution in [0.25, 0.3) is 0 Å². The molecular weight excluding hydrogens is 325 g/mol. The number of sulfonamides is 1. The van der Waals surface area contributed by atoms with Gasteiger partial charge in [0.25, 0.3) is 0 Å². The molecule has 0 spiro atoms. The van der Waals surface area contributed by atoms with Crippen molar-refractivity contribution in [3.63, 3.8) is 0 Å². The van der Waals surface area contributed by atoms with Crippen molar-refractivity contribution in [2.75, 3.05) is 20.3 Å². The molecule has 1 aromatic rings. The number of benzene rings is 1. The highest BCUT2D eigenvalue weighted by atomic mass is 35.5. The summed E-state index contributed by atoms with van der Waals surface area (Å²) in [5.74, 6) is 0. The summed E-state index contributed by atoms with van der Waals surface area (Å²) in [6, 6.07) is 4.43. The van der Waals surface area contributed by atoms with Gasteiger partial charge in [0.2, 0.25) is 10.0 Å². The molecule has 20 heavy (non-hydrogen) atoms. The Morgan fingerprint density at radius 3 is 2.40 bits per heavy atom. The van der Waals surface area contributed by atoms with Crippen molar-refractivity contribution < 1.29 is 18.3 Å². The normalized spacial score (nSPS) is 15.1. The fourth-order valence-electron chi connectivity index (χ4n) is 1.47. The molecule has 0 radical (unpaired) electrons. The predicted octanol–water partition coefficient (Wildman–Crippen LogP) is 2.06. The fourth-order valence-corrected chi connectivity index (χ4v) is 3.77. The van der Waals surface area contributed by atoms with E-state index in [0.717, 1.165) is 0 Å². The monoisotopic (exact) mass is 341 g/mol. The Hall–Kier alpha value is -0.370. The number of nitrogens with one attached hydrogen (secondary N) is 1. The van der Waals surface area contributed by atoms with E-state index in [0.29, 0.717) is 13.0 Å². The van der Waals surface area contributed by atoms with Crippen LogP contribution in [-0.2, 0) is 14.8 Å². The Kier molecular flexibility index (Phi) is 6.25. The topological polar surface area (TPSA) is 75.6 Å². The molecule has 0 fully saturated rings. The summed E-state index contributed by atoms with van der Waals surface area (Å²) in [6.45, 7) is 1.67. The van der Waals surface area contributed by atoms with Crippen molar-refractivity contribution in [1.29, 1.82) is 0 Å². The van der Waals surface area contributed by atoms with Crippen LogP contribution >= 0.6 is 23.2 Å². The van der Waals surface area contributed by atoms with Crippen LogP contribution in [0.15, 0.2) is 23.1 Å². The van der Waals surface area contributed by atoms with Gasteiger partial charge in [-0.25, -0.2) is 13.1 Å². The molecule has 114 valence electrons.